The number of nitrogens with zero attached hydrogens (tertiary/aromatic N) is 1. The Labute approximate surface area is 172 Å². The Morgan fingerprint density at radius 3 is 2.62 bits per heavy atom. The Morgan fingerprint density at radius 1 is 1.17 bits per heavy atom. The molecule has 6 nitrogen and oxygen atoms in total. The maximum absolute atomic E-state index is 12.8. The van der Waals surface area contributed by atoms with Gasteiger partial charge in [0.25, 0.3) is 5.91 Å². The summed E-state index contributed by atoms with van der Waals surface area (Å²) in [6, 6.07) is 13.2. The summed E-state index contributed by atoms with van der Waals surface area (Å²) in [5.74, 6) is 1.01. The van der Waals surface area contributed by atoms with Crippen LogP contribution in [0.2, 0.25) is 0 Å². The Morgan fingerprint density at radius 2 is 1.97 bits per heavy atom. The minimum Gasteiger partial charge on any atom is -0.494 e. The summed E-state index contributed by atoms with van der Waals surface area (Å²) in [7, 11) is 0. The number of hydrogen-bond acceptors (Lipinski definition) is 4. The van der Waals surface area contributed by atoms with E-state index in [0.717, 1.165) is 42.0 Å². The summed E-state index contributed by atoms with van der Waals surface area (Å²) in [5, 5.41) is 6.11. The third kappa shape index (κ3) is 6.06. The van der Waals surface area contributed by atoms with E-state index < -0.39 is 0 Å². The molecule has 1 heterocycles. The van der Waals surface area contributed by atoms with Crippen LogP contribution in [0.1, 0.15) is 41.3 Å². The number of carbonyl (C=O) groups is 1. The van der Waals surface area contributed by atoms with Gasteiger partial charge in [0.1, 0.15) is 5.75 Å². The molecule has 0 radical (unpaired) electrons. The molecule has 0 aliphatic carbocycles. The average molecular weight is 396 g/mol. The fourth-order valence-corrected chi connectivity index (χ4v) is 3.09. The van der Waals surface area contributed by atoms with Gasteiger partial charge in [0.2, 0.25) is 5.96 Å². The van der Waals surface area contributed by atoms with Crippen molar-refractivity contribution < 1.29 is 14.3 Å². The molecule has 0 aromatic heterocycles. The summed E-state index contributed by atoms with van der Waals surface area (Å²) in [5.41, 5.74) is 3.66. The van der Waals surface area contributed by atoms with Crippen molar-refractivity contribution in [3.8, 4) is 5.75 Å². The Bertz CT molecular complexity index is 856. The zero-order valence-corrected chi connectivity index (χ0v) is 17.3. The van der Waals surface area contributed by atoms with Gasteiger partial charge in [-0.15, -0.1) is 0 Å². The highest BCUT2D eigenvalue weighted by atomic mass is 16.5. The molecule has 1 atom stereocenters. The normalized spacial score (nSPS) is 16.5. The SMILES string of the molecule is CCOc1ccc(NC(=NC[C@@H]2CCCO2)NC(=O)c2ccc(C)c(C)c2)cc1. The van der Waals surface area contributed by atoms with Gasteiger partial charge in [-0.1, -0.05) is 6.07 Å². The Hall–Kier alpha value is -2.86. The van der Waals surface area contributed by atoms with Crippen LogP contribution in [0.4, 0.5) is 5.69 Å². The lowest BCUT2D eigenvalue weighted by Crippen LogP contribution is -2.36. The van der Waals surface area contributed by atoms with Gasteiger partial charge in [-0.05, 0) is 81.1 Å². The van der Waals surface area contributed by atoms with Gasteiger partial charge in [-0.25, -0.2) is 4.99 Å². The van der Waals surface area contributed by atoms with Gasteiger partial charge in [0.05, 0.1) is 19.3 Å². The van der Waals surface area contributed by atoms with E-state index in [-0.39, 0.29) is 12.0 Å². The third-order valence-corrected chi connectivity index (χ3v) is 4.91. The lowest BCUT2D eigenvalue weighted by molar-refractivity contribution is 0.0975. The van der Waals surface area contributed by atoms with Gasteiger partial charge >= 0.3 is 0 Å². The van der Waals surface area contributed by atoms with Crippen molar-refractivity contribution in [3.05, 3.63) is 59.2 Å². The van der Waals surface area contributed by atoms with Crippen LogP contribution >= 0.6 is 0 Å². The highest BCUT2D eigenvalue weighted by molar-refractivity contribution is 6.10. The first kappa shape index (κ1) is 20.9. The molecule has 1 amide bonds. The van der Waals surface area contributed by atoms with Crippen LogP contribution in [-0.2, 0) is 4.74 Å². The first-order chi connectivity index (χ1) is 14.0. The van der Waals surface area contributed by atoms with Crippen molar-refractivity contribution in [2.45, 2.75) is 39.7 Å². The topological polar surface area (TPSA) is 71.9 Å². The molecule has 154 valence electrons. The van der Waals surface area contributed by atoms with Crippen LogP contribution in [0, 0.1) is 13.8 Å². The molecular formula is C23H29N3O3. The Kier molecular flexibility index (Phi) is 7.25. The molecular weight excluding hydrogens is 366 g/mol. The molecule has 2 aromatic rings. The van der Waals surface area contributed by atoms with E-state index in [1.807, 2.05) is 63.2 Å². The van der Waals surface area contributed by atoms with Crippen LogP contribution in [0.15, 0.2) is 47.5 Å². The molecule has 3 rings (SSSR count). The zero-order chi connectivity index (χ0) is 20.6. The summed E-state index contributed by atoms with van der Waals surface area (Å²) < 4.78 is 11.1. The number of anilines is 1. The van der Waals surface area contributed by atoms with Gasteiger partial charge in [-0.2, -0.15) is 0 Å². The number of amides is 1. The molecule has 0 unspecified atom stereocenters. The second kappa shape index (κ2) is 10.1. The number of hydrogen-bond donors (Lipinski definition) is 2. The fourth-order valence-electron chi connectivity index (χ4n) is 3.09. The number of ether oxygens (including phenoxy) is 2. The predicted octanol–water partition coefficient (Wildman–Crippen LogP) is 4.08. The first-order valence-corrected chi connectivity index (χ1v) is 10.1. The summed E-state index contributed by atoms with van der Waals surface area (Å²) >= 11 is 0. The molecule has 6 heteroatoms. The van der Waals surface area contributed by atoms with E-state index in [4.69, 9.17) is 9.47 Å². The highest BCUT2D eigenvalue weighted by Crippen LogP contribution is 2.16. The largest absolute Gasteiger partial charge is 0.494 e. The fraction of sp³-hybridized carbons (Fsp3) is 0.391. The van der Waals surface area contributed by atoms with E-state index in [2.05, 4.69) is 15.6 Å². The summed E-state index contributed by atoms with van der Waals surface area (Å²) in [6.07, 6.45) is 2.15. The number of carbonyl (C=O) groups excluding carboxylic acids is 1. The van der Waals surface area contributed by atoms with Gasteiger partial charge < -0.3 is 14.8 Å². The van der Waals surface area contributed by atoms with E-state index in [1.165, 1.54) is 0 Å². The van der Waals surface area contributed by atoms with E-state index in [0.29, 0.717) is 24.7 Å². The number of guanidine groups is 1. The van der Waals surface area contributed by atoms with Crippen molar-refractivity contribution in [2.24, 2.45) is 4.99 Å². The number of aryl methyl sites for hydroxylation is 2. The predicted molar refractivity (Wildman–Crippen MR) is 116 cm³/mol. The monoisotopic (exact) mass is 395 g/mol. The Balaban J connectivity index is 1.73. The molecule has 0 spiro atoms. The van der Waals surface area contributed by atoms with Crippen LogP contribution in [0.5, 0.6) is 5.75 Å². The molecule has 0 bridgehead atoms. The summed E-state index contributed by atoms with van der Waals surface area (Å²) in [6.45, 7) is 7.87. The second-order valence-corrected chi connectivity index (χ2v) is 7.16. The third-order valence-electron chi connectivity index (χ3n) is 4.91. The van der Waals surface area contributed by atoms with Crippen molar-refractivity contribution in [1.29, 1.82) is 0 Å². The molecule has 1 saturated heterocycles. The molecule has 1 fully saturated rings. The van der Waals surface area contributed by atoms with Crippen molar-refractivity contribution in [1.82, 2.24) is 5.32 Å². The zero-order valence-electron chi connectivity index (χ0n) is 17.3. The van der Waals surface area contributed by atoms with E-state index in [9.17, 15) is 4.79 Å². The molecule has 2 aromatic carbocycles. The first-order valence-electron chi connectivity index (χ1n) is 10.1. The van der Waals surface area contributed by atoms with E-state index in [1.54, 1.807) is 0 Å². The van der Waals surface area contributed by atoms with Crippen LogP contribution in [0.25, 0.3) is 0 Å². The van der Waals surface area contributed by atoms with E-state index >= 15 is 0 Å². The van der Waals surface area contributed by atoms with Gasteiger partial charge in [0, 0.05) is 17.9 Å². The highest BCUT2D eigenvalue weighted by Gasteiger charge is 2.16. The number of aliphatic imine (C=N–C) groups is 1. The average Bonchev–Trinajstić information content (AvgIpc) is 3.23. The van der Waals surface area contributed by atoms with Gasteiger partial charge in [-0.3, -0.25) is 10.1 Å². The van der Waals surface area contributed by atoms with Crippen molar-refractivity contribution >= 4 is 17.6 Å². The second-order valence-electron chi connectivity index (χ2n) is 7.16. The van der Waals surface area contributed by atoms with Crippen molar-refractivity contribution in [3.63, 3.8) is 0 Å². The van der Waals surface area contributed by atoms with Crippen LogP contribution in [0.3, 0.4) is 0 Å². The molecule has 1 aliphatic heterocycles. The standard InChI is InChI=1S/C23H29N3O3/c1-4-28-20-11-9-19(10-12-20)25-23(24-15-21-6-5-13-29-21)26-22(27)18-8-7-16(2)17(3)14-18/h7-12,14,21H,4-6,13,15H2,1-3H3,(H2,24,25,26,27)/t21-/m0/s1. The maximum atomic E-state index is 12.8. The number of benzene rings is 2. The number of nitrogens with one attached hydrogen (secondary N) is 2. The lowest BCUT2D eigenvalue weighted by Gasteiger charge is -2.14. The minimum atomic E-state index is -0.197. The van der Waals surface area contributed by atoms with Crippen LogP contribution < -0.4 is 15.4 Å². The summed E-state index contributed by atoms with van der Waals surface area (Å²) in [4.78, 5) is 17.3. The van der Waals surface area contributed by atoms with Gasteiger partial charge in [0.15, 0.2) is 0 Å². The molecule has 1 aliphatic rings. The minimum absolute atomic E-state index is 0.102. The lowest BCUT2D eigenvalue weighted by atomic mass is 10.1. The maximum Gasteiger partial charge on any atom is 0.257 e. The number of rotatable bonds is 6. The quantitative estimate of drug-likeness (QED) is 0.571. The smallest absolute Gasteiger partial charge is 0.257 e. The molecule has 29 heavy (non-hydrogen) atoms. The van der Waals surface area contributed by atoms with Crippen LogP contribution in [-0.4, -0.2) is 37.7 Å². The molecule has 2 N–H and O–H groups in total. The van der Waals surface area contributed by atoms with Crippen molar-refractivity contribution in [2.75, 3.05) is 25.1 Å². The molecule has 0 saturated carbocycles.